The summed E-state index contributed by atoms with van der Waals surface area (Å²) in [4.78, 5) is 0. The van der Waals surface area contributed by atoms with Gasteiger partial charge in [0.2, 0.25) is 0 Å². The molecule has 1 N–H and O–H groups in total. The zero-order valence-corrected chi connectivity index (χ0v) is 4.92. The summed E-state index contributed by atoms with van der Waals surface area (Å²) in [5, 5.41) is 8.76. The Balaban J connectivity index is 2.44. The van der Waals surface area contributed by atoms with Crippen molar-refractivity contribution < 1.29 is 9.84 Å². The molecule has 0 amide bonds. The molecule has 1 saturated heterocycles. The van der Waals surface area contributed by atoms with Gasteiger partial charge in [-0.3, -0.25) is 0 Å². The number of hydrogen-bond acceptors (Lipinski definition) is 2. The molecule has 2 radical (unpaired) electrons. The smallest absolute Gasteiger partial charge is 0.154 e. The van der Waals surface area contributed by atoms with Crippen LogP contribution >= 0.6 is 0 Å². The van der Waals surface area contributed by atoms with E-state index in [0.717, 1.165) is 6.42 Å². The first-order valence-electron chi connectivity index (χ1n) is 2.75. The lowest BCUT2D eigenvalue weighted by Crippen LogP contribution is -2.24. The third-order valence-corrected chi connectivity index (χ3v) is 1.29. The van der Waals surface area contributed by atoms with Crippen molar-refractivity contribution >= 4 is 7.85 Å². The molecule has 1 aliphatic heterocycles. The van der Waals surface area contributed by atoms with Crippen LogP contribution in [0.2, 0.25) is 0 Å². The van der Waals surface area contributed by atoms with Gasteiger partial charge >= 0.3 is 0 Å². The Morgan fingerprint density at radius 2 is 2.50 bits per heavy atom. The lowest BCUT2D eigenvalue weighted by atomic mass is 9.81. The van der Waals surface area contributed by atoms with E-state index in [0.29, 0.717) is 6.42 Å². The van der Waals surface area contributed by atoms with Crippen molar-refractivity contribution in [3.63, 3.8) is 0 Å². The molecule has 1 aliphatic rings. The zero-order valence-electron chi connectivity index (χ0n) is 4.92. The zero-order chi connectivity index (χ0) is 6.20. The van der Waals surface area contributed by atoms with E-state index in [1.165, 1.54) is 0 Å². The van der Waals surface area contributed by atoms with Crippen LogP contribution in [0.5, 0.6) is 0 Å². The second kappa shape index (κ2) is 1.74. The maximum Gasteiger partial charge on any atom is 0.154 e. The molecule has 44 valence electrons. The van der Waals surface area contributed by atoms with Gasteiger partial charge in [0, 0.05) is 11.9 Å². The fourth-order valence-corrected chi connectivity index (χ4v) is 0.839. The molecule has 0 aromatic rings. The molecule has 0 aromatic carbocycles. The summed E-state index contributed by atoms with van der Waals surface area (Å²) in [5.41, 5.74) is -0.584. The van der Waals surface area contributed by atoms with Gasteiger partial charge in [0.05, 0.1) is 0 Å². The third-order valence-electron chi connectivity index (χ3n) is 1.29. The first kappa shape index (κ1) is 6.11. The van der Waals surface area contributed by atoms with Gasteiger partial charge in [0.25, 0.3) is 0 Å². The quantitative estimate of drug-likeness (QED) is 0.447. The Hall–Kier alpha value is -0.0151. The highest BCUT2D eigenvalue weighted by Crippen LogP contribution is 2.24. The fourth-order valence-electron chi connectivity index (χ4n) is 0.839. The van der Waals surface area contributed by atoms with E-state index in [1.54, 1.807) is 6.92 Å². The highest BCUT2D eigenvalue weighted by Gasteiger charge is 2.29. The van der Waals surface area contributed by atoms with Crippen LogP contribution in [-0.2, 0) is 4.74 Å². The number of hydrogen-bond donors (Lipinski definition) is 1. The standard InChI is InChI=1S/C5H9BO2/c1-5(6)3-2-4(7)8-5/h4,7H,2-3H2,1H3/t4?,5-/m1/s1. The average Bonchev–Trinajstić information content (AvgIpc) is 1.82. The van der Waals surface area contributed by atoms with Crippen molar-refractivity contribution in [2.75, 3.05) is 0 Å². The minimum absolute atomic E-state index is 0.584. The van der Waals surface area contributed by atoms with Crippen LogP contribution in [0.4, 0.5) is 0 Å². The predicted octanol–water partition coefficient (Wildman–Crippen LogP) is -0.000100. The summed E-state index contributed by atoms with van der Waals surface area (Å²) in [6, 6.07) is 0. The largest absolute Gasteiger partial charge is 0.368 e. The monoisotopic (exact) mass is 112 g/mol. The van der Waals surface area contributed by atoms with E-state index in [4.69, 9.17) is 17.7 Å². The lowest BCUT2D eigenvalue weighted by molar-refractivity contribution is -0.0997. The maximum absolute atomic E-state index is 8.76. The average molecular weight is 112 g/mol. The molecule has 0 saturated carbocycles. The van der Waals surface area contributed by atoms with E-state index < -0.39 is 11.8 Å². The van der Waals surface area contributed by atoms with E-state index in [-0.39, 0.29) is 0 Å². The summed E-state index contributed by atoms with van der Waals surface area (Å²) >= 11 is 0. The predicted molar refractivity (Wildman–Crippen MR) is 30.5 cm³/mol. The van der Waals surface area contributed by atoms with Crippen LogP contribution in [0.25, 0.3) is 0 Å². The fraction of sp³-hybridized carbons (Fsp3) is 1.00. The first-order valence-corrected chi connectivity index (χ1v) is 2.75. The minimum Gasteiger partial charge on any atom is -0.368 e. The Bertz CT molecular complexity index is 92.4. The van der Waals surface area contributed by atoms with Crippen molar-refractivity contribution in [3.05, 3.63) is 0 Å². The molecule has 0 bridgehead atoms. The molecule has 3 heteroatoms. The van der Waals surface area contributed by atoms with Gasteiger partial charge < -0.3 is 9.84 Å². The summed E-state index contributed by atoms with van der Waals surface area (Å²) < 4.78 is 4.88. The third kappa shape index (κ3) is 1.23. The van der Waals surface area contributed by atoms with Gasteiger partial charge in [-0.15, -0.1) is 0 Å². The Kier molecular flexibility index (Phi) is 1.33. The SMILES string of the molecule is [B][C@@]1(C)CCC(O)O1. The molecule has 1 heterocycles. The maximum atomic E-state index is 8.76. The number of aliphatic hydroxyl groups is 1. The molecule has 1 rings (SSSR count). The second-order valence-corrected chi connectivity index (χ2v) is 2.42. The van der Waals surface area contributed by atoms with Gasteiger partial charge in [-0.05, 0) is 13.3 Å². The summed E-state index contributed by atoms with van der Waals surface area (Å²) in [5.74, 6) is 0. The number of rotatable bonds is 0. The molecule has 2 nitrogen and oxygen atoms in total. The number of aliphatic hydroxyl groups excluding tert-OH is 1. The molecule has 2 atom stereocenters. The topological polar surface area (TPSA) is 29.5 Å². The molecule has 1 fully saturated rings. The summed E-state index contributed by atoms with van der Waals surface area (Å²) in [7, 11) is 5.49. The summed E-state index contributed by atoms with van der Waals surface area (Å²) in [6.07, 6.45) is 0.770. The van der Waals surface area contributed by atoms with Crippen molar-refractivity contribution in [3.8, 4) is 0 Å². The molecular weight excluding hydrogens is 103 g/mol. The van der Waals surface area contributed by atoms with E-state index >= 15 is 0 Å². The van der Waals surface area contributed by atoms with Gasteiger partial charge in [-0.2, -0.15) is 0 Å². The highest BCUT2D eigenvalue weighted by molar-refractivity contribution is 6.14. The van der Waals surface area contributed by atoms with Crippen molar-refractivity contribution in [1.29, 1.82) is 0 Å². The van der Waals surface area contributed by atoms with Gasteiger partial charge in [-0.25, -0.2) is 0 Å². The van der Waals surface area contributed by atoms with Crippen LogP contribution < -0.4 is 0 Å². The normalized spacial score (nSPS) is 47.5. The Morgan fingerprint density at radius 1 is 1.88 bits per heavy atom. The lowest BCUT2D eigenvalue weighted by Gasteiger charge is -2.16. The molecular formula is C5H9BO2. The Morgan fingerprint density at radius 3 is 2.62 bits per heavy atom. The van der Waals surface area contributed by atoms with E-state index in [1.807, 2.05) is 0 Å². The van der Waals surface area contributed by atoms with E-state index in [9.17, 15) is 0 Å². The van der Waals surface area contributed by atoms with Crippen molar-refractivity contribution in [1.82, 2.24) is 0 Å². The highest BCUT2D eigenvalue weighted by atomic mass is 16.6. The van der Waals surface area contributed by atoms with Crippen LogP contribution in [0.15, 0.2) is 0 Å². The van der Waals surface area contributed by atoms with Gasteiger partial charge in [-0.1, -0.05) is 0 Å². The Labute approximate surface area is 50.3 Å². The van der Waals surface area contributed by atoms with Crippen LogP contribution in [0.1, 0.15) is 19.8 Å². The van der Waals surface area contributed by atoms with Crippen molar-refractivity contribution in [2.45, 2.75) is 31.6 Å². The summed E-state index contributed by atoms with van der Waals surface area (Å²) in [6.45, 7) is 1.77. The van der Waals surface area contributed by atoms with Crippen molar-refractivity contribution in [2.24, 2.45) is 0 Å². The van der Waals surface area contributed by atoms with Crippen LogP contribution in [-0.4, -0.2) is 24.7 Å². The van der Waals surface area contributed by atoms with Gasteiger partial charge in [0.1, 0.15) is 7.85 Å². The van der Waals surface area contributed by atoms with Gasteiger partial charge in [0.15, 0.2) is 6.29 Å². The van der Waals surface area contributed by atoms with E-state index in [2.05, 4.69) is 0 Å². The molecule has 0 aliphatic carbocycles. The second-order valence-electron chi connectivity index (χ2n) is 2.42. The first-order chi connectivity index (χ1) is 3.60. The minimum atomic E-state index is -0.634. The molecule has 0 spiro atoms. The molecule has 1 unspecified atom stereocenters. The van der Waals surface area contributed by atoms with Crippen LogP contribution in [0, 0.1) is 0 Å². The molecule has 8 heavy (non-hydrogen) atoms. The van der Waals surface area contributed by atoms with Crippen LogP contribution in [0.3, 0.4) is 0 Å². The molecule has 0 aromatic heterocycles. The number of ether oxygens (including phenoxy) is 1.